The zero-order valence-electron chi connectivity index (χ0n) is 15.7. The van der Waals surface area contributed by atoms with Crippen LogP contribution in [0.4, 0.5) is 11.4 Å². The molecule has 8 nitrogen and oxygen atoms in total. The van der Waals surface area contributed by atoms with Gasteiger partial charge in [-0.25, -0.2) is 4.99 Å². The minimum absolute atomic E-state index is 0.0181. The maximum absolute atomic E-state index is 12.5. The van der Waals surface area contributed by atoms with Crippen molar-refractivity contribution in [2.45, 2.75) is 11.7 Å². The van der Waals surface area contributed by atoms with Gasteiger partial charge in [0.15, 0.2) is 5.17 Å². The van der Waals surface area contributed by atoms with E-state index in [0.717, 1.165) is 0 Å². The topological polar surface area (TPSA) is 111 Å². The van der Waals surface area contributed by atoms with Crippen molar-refractivity contribution in [2.75, 3.05) is 19.5 Å². The Morgan fingerprint density at radius 3 is 2.62 bits per heavy atom. The van der Waals surface area contributed by atoms with Crippen LogP contribution in [0.15, 0.2) is 53.5 Å². The number of carbonyl (C=O) groups excluding carboxylic acids is 3. The number of ether oxygens (including phenoxy) is 1. The number of thioether (sulfide) groups is 1. The lowest BCUT2D eigenvalue weighted by Crippen LogP contribution is -2.30. The fourth-order valence-electron chi connectivity index (χ4n) is 2.66. The van der Waals surface area contributed by atoms with Crippen molar-refractivity contribution in [3.8, 4) is 5.75 Å². The van der Waals surface area contributed by atoms with Crippen LogP contribution in [0.1, 0.15) is 16.8 Å². The minimum atomic E-state index is -1.29. The average Bonchev–Trinajstić information content (AvgIpc) is 2.96. The Bertz CT molecular complexity index is 974. The molecular weight excluding hydrogens is 394 g/mol. The van der Waals surface area contributed by atoms with E-state index in [0.29, 0.717) is 22.3 Å². The predicted octanol–water partition coefficient (Wildman–Crippen LogP) is 1.65. The number of aromatic carboxylic acids is 1. The first-order valence-electron chi connectivity index (χ1n) is 8.65. The summed E-state index contributed by atoms with van der Waals surface area (Å²) in [6, 6.07) is 12.8. The first-order valence-corrected chi connectivity index (χ1v) is 9.53. The summed E-state index contributed by atoms with van der Waals surface area (Å²) in [5.74, 6) is -1.20. The van der Waals surface area contributed by atoms with E-state index in [1.54, 1.807) is 38.4 Å². The third-order valence-electron chi connectivity index (χ3n) is 4.19. The maximum atomic E-state index is 12.5. The normalized spacial score (nSPS) is 17.4. The van der Waals surface area contributed by atoms with Gasteiger partial charge in [-0.15, -0.1) is 0 Å². The largest absolute Gasteiger partial charge is 0.545 e. The molecule has 1 aliphatic rings. The smallest absolute Gasteiger partial charge is 0.242 e. The molecule has 1 N–H and O–H groups in total. The van der Waals surface area contributed by atoms with Crippen LogP contribution in [0.25, 0.3) is 0 Å². The van der Waals surface area contributed by atoms with Crippen LogP contribution in [0.5, 0.6) is 5.75 Å². The number of methoxy groups -OCH3 is 1. The molecule has 0 bridgehead atoms. The Morgan fingerprint density at radius 1 is 1.24 bits per heavy atom. The highest BCUT2D eigenvalue weighted by Crippen LogP contribution is 2.31. The number of benzene rings is 2. The molecule has 0 aromatic heterocycles. The number of hydrogen-bond donors (Lipinski definition) is 1. The van der Waals surface area contributed by atoms with Crippen molar-refractivity contribution in [2.24, 2.45) is 4.99 Å². The van der Waals surface area contributed by atoms with E-state index >= 15 is 0 Å². The van der Waals surface area contributed by atoms with Gasteiger partial charge < -0.3 is 20.0 Å². The molecular formula is C20H18N3O5S-. The Kier molecular flexibility index (Phi) is 6.18. The van der Waals surface area contributed by atoms with Gasteiger partial charge in [0.25, 0.3) is 0 Å². The SMILES string of the molecule is COc1cccc(N=C2S[C@H](CC(=O)Nc3ccc(C(=O)[O-])cc3)C(=O)N2C)c1. The number of rotatable bonds is 6. The standard InChI is InChI=1S/C20H19N3O5S/c1-23-18(25)16(29-20(23)22-14-4-3-5-15(10-14)28-2)11-17(24)21-13-8-6-12(7-9-13)19(26)27/h3-10,16H,11H2,1-2H3,(H,21,24)(H,26,27)/p-1/t16-/m1/s1. The summed E-state index contributed by atoms with van der Waals surface area (Å²) < 4.78 is 5.17. The van der Waals surface area contributed by atoms with Gasteiger partial charge >= 0.3 is 0 Å². The summed E-state index contributed by atoms with van der Waals surface area (Å²) in [5, 5.41) is 13.3. The van der Waals surface area contributed by atoms with Gasteiger partial charge in [0, 0.05) is 25.2 Å². The third kappa shape index (κ3) is 4.94. The molecule has 0 saturated carbocycles. The molecule has 1 fully saturated rings. The summed E-state index contributed by atoms with van der Waals surface area (Å²) in [7, 11) is 3.18. The highest BCUT2D eigenvalue weighted by Gasteiger charge is 2.37. The maximum Gasteiger partial charge on any atom is 0.242 e. The van der Waals surface area contributed by atoms with Gasteiger partial charge in [-0.1, -0.05) is 30.0 Å². The summed E-state index contributed by atoms with van der Waals surface area (Å²) in [6.45, 7) is 0. The van der Waals surface area contributed by atoms with Crippen molar-refractivity contribution in [1.29, 1.82) is 0 Å². The van der Waals surface area contributed by atoms with Crippen LogP contribution in [0.2, 0.25) is 0 Å². The summed E-state index contributed by atoms with van der Waals surface area (Å²) in [4.78, 5) is 41.5. The van der Waals surface area contributed by atoms with Crippen LogP contribution in [-0.4, -0.2) is 47.3 Å². The minimum Gasteiger partial charge on any atom is -0.545 e. The lowest BCUT2D eigenvalue weighted by Gasteiger charge is -2.10. The number of nitrogens with zero attached hydrogens (tertiary/aromatic N) is 2. The third-order valence-corrected chi connectivity index (χ3v) is 5.42. The molecule has 1 atom stereocenters. The monoisotopic (exact) mass is 412 g/mol. The molecule has 0 unspecified atom stereocenters. The van der Waals surface area contributed by atoms with Gasteiger partial charge in [0.05, 0.1) is 18.8 Å². The quantitative estimate of drug-likeness (QED) is 0.772. The van der Waals surface area contributed by atoms with Crippen molar-refractivity contribution in [3.63, 3.8) is 0 Å². The fraction of sp³-hybridized carbons (Fsp3) is 0.200. The molecule has 3 rings (SSSR count). The number of carbonyl (C=O) groups is 3. The average molecular weight is 412 g/mol. The summed E-state index contributed by atoms with van der Waals surface area (Å²) in [6.07, 6.45) is -0.0345. The molecule has 2 aromatic carbocycles. The Labute approximate surface area is 171 Å². The zero-order chi connectivity index (χ0) is 21.0. The van der Waals surface area contributed by atoms with Gasteiger partial charge in [0.2, 0.25) is 11.8 Å². The van der Waals surface area contributed by atoms with Gasteiger partial charge in [-0.05, 0) is 29.8 Å². The second-order valence-electron chi connectivity index (χ2n) is 6.22. The molecule has 0 spiro atoms. The van der Waals surface area contributed by atoms with Crippen molar-refractivity contribution >= 4 is 46.1 Å². The molecule has 29 heavy (non-hydrogen) atoms. The van der Waals surface area contributed by atoms with E-state index < -0.39 is 11.2 Å². The molecule has 2 aromatic rings. The first-order chi connectivity index (χ1) is 13.9. The van der Waals surface area contributed by atoms with Crippen molar-refractivity contribution in [3.05, 3.63) is 54.1 Å². The summed E-state index contributed by atoms with van der Waals surface area (Å²) in [5.41, 5.74) is 1.10. The Balaban J connectivity index is 1.65. The number of carboxylic acid groups (broad SMARTS) is 1. The van der Waals surface area contributed by atoms with E-state index in [1.807, 2.05) is 0 Å². The number of aliphatic imine (C=N–C) groups is 1. The second-order valence-corrected chi connectivity index (χ2v) is 7.39. The van der Waals surface area contributed by atoms with Crippen LogP contribution in [0.3, 0.4) is 0 Å². The Morgan fingerprint density at radius 2 is 1.97 bits per heavy atom. The van der Waals surface area contributed by atoms with Crippen LogP contribution in [0, 0.1) is 0 Å². The summed E-state index contributed by atoms with van der Waals surface area (Å²) >= 11 is 1.22. The molecule has 150 valence electrons. The molecule has 1 aliphatic heterocycles. The predicted molar refractivity (Wildman–Crippen MR) is 108 cm³/mol. The molecule has 0 radical (unpaired) electrons. The zero-order valence-corrected chi connectivity index (χ0v) is 16.6. The number of amidine groups is 1. The van der Waals surface area contributed by atoms with Crippen LogP contribution < -0.4 is 15.2 Å². The highest BCUT2D eigenvalue weighted by molar-refractivity contribution is 8.15. The molecule has 1 heterocycles. The number of hydrogen-bond acceptors (Lipinski definition) is 7. The van der Waals surface area contributed by atoms with Crippen LogP contribution in [-0.2, 0) is 9.59 Å². The van der Waals surface area contributed by atoms with Crippen LogP contribution >= 0.6 is 11.8 Å². The number of nitrogens with one attached hydrogen (secondary N) is 1. The molecule has 1 saturated heterocycles. The van der Waals surface area contributed by atoms with Crippen molar-refractivity contribution in [1.82, 2.24) is 4.90 Å². The van der Waals surface area contributed by atoms with E-state index in [2.05, 4.69) is 10.3 Å². The lowest BCUT2D eigenvalue weighted by atomic mass is 10.2. The first kappa shape index (κ1) is 20.4. The molecule has 2 amide bonds. The van der Waals surface area contributed by atoms with Gasteiger partial charge in [0.1, 0.15) is 11.0 Å². The second kappa shape index (κ2) is 8.78. The van der Waals surface area contributed by atoms with Crippen molar-refractivity contribution < 1.29 is 24.2 Å². The number of carboxylic acids is 1. The molecule has 0 aliphatic carbocycles. The Hall–Kier alpha value is -3.33. The van der Waals surface area contributed by atoms with E-state index in [4.69, 9.17) is 4.74 Å². The van der Waals surface area contributed by atoms with E-state index in [9.17, 15) is 19.5 Å². The fourth-order valence-corrected chi connectivity index (χ4v) is 3.81. The number of anilines is 1. The van der Waals surface area contributed by atoms with E-state index in [-0.39, 0.29) is 23.8 Å². The van der Waals surface area contributed by atoms with E-state index in [1.165, 1.54) is 40.9 Å². The van der Waals surface area contributed by atoms with Gasteiger partial charge in [-0.2, -0.15) is 0 Å². The number of amides is 2. The lowest BCUT2D eigenvalue weighted by molar-refractivity contribution is -0.255. The highest BCUT2D eigenvalue weighted by atomic mass is 32.2. The van der Waals surface area contributed by atoms with Gasteiger partial charge in [-0.3, -0.25) is 14.5 Å². The molecule has 9 heteroatoms.